The Morgan fingerprint density at radius 2 is 1.69 bits per heavy atom. The maximum absolute atomic E-state index is 14.0. The van der Waals surface area contributed by atoms with Gasteiger partial charge in [0.25, 0.3) is 0 Å². The lowest BCUT2D eigenvalue weighted by molar-refractivity contribution is -0.0907. The van der Waals surface area contributed by atoms with Gasteiger partial charge in [0.2, 0.25) is 16.8 Å². The van der Waals surface area contributed by atoms with Crippen LogP contribution in [-0.4, -0.2) is 81.6 Å². The van der Waals surface area contributed by atoms with Gasteiger partial charge in [-0.2, -0.15) is 4.31 Å². The minimum Gasteiger partial charge on any atom is -0.489 e. The van der Waals surface area contributed by atoms with Gasteiger partial charge in [0.05, 0.1) is 36.2 Å². The van der Waals surface area contributed by atoms with Crippen molar-refractivity contribution < 1.29 is 46.7 Å². The molecule has 0 saturated carbocycles. The van der Waals surface area contributed by atoms with Crippen molar-refractivity contribution in [1.82, 2.24) is 9.62 Å². The monoisotopic (exact) mass is 732 g/mol. The Morgan fingerprint density at radius 1 is 0.923 bits per heavy atom. The summed E-state index contributed by atoms with van der Waals surface area (Å²) in [5.74, 6) is 1.34. The van der Waals surface area contributed by atoms with E-state index in [1.54, 1.807) is 6.07 Å². The second-order valence-electron chi connectivity index (χ2n) is 13.8. The Kier molecular flexibility index (Phi) is 10.9. The minimum atomic E-state index is -4.08. The zero-order valence-electron chi connectivity index (χ0n) is 29.2. The molecule has 7 rings (SSSR count). The number of nitrogens with zero attached hydrogens (tertiary/aromatic N) is 1. The van der Waals surface area contributed by atoms with Crippen LogP contribution in [0.25, 0.3) is 10.8 Å². The topological polar surface area (TPSA) is 142 Å². The molecular formula is C39H44N2O10S. The maximum Gasteiger partial charge on any atom is 0.407 e. The van der Waals surface area contributed by atoms with Crippen molar-refractivity contribution in [2.75, 3.05) is 33.1 Å². The quantitative estimate of drug-likeness (QED) is 0.177. The highest BCUT2D eigenvalue weighted by Gasteiger charge is 2.44. The highest BCUT2D eigenvalue weighted by atomic mass is 32.2. The normalized spacial score (nSPS) is 20.6. The van der Waals surface area contributed by atoms with Crippen LogP contribution in [0.5, 0.6) is 17.2 Å². The first-order valence-corrected chi connectivity index (χ1v) is 19.0. The smallest absolute Gasteiger partial charge is 0.407 e. The Morgan fingerprint density at radius 3 is 2.50 bits per heavy atom. The number of benzene rings is 4. The molecular weight excluding hydrogens is 689 g/mol. The first kappa shape index (κ1) is 36.0. The van der Waals surface area contributed by atoms with Crippen LogP contribution in [0.1, 0.15) is 31.4 Å². The van der Waals surface area contributed by atoms with E-state index in [2.05, 4.69) is 29.6 Å². The predicted octanol–water partition coefficient (Wildman–Crippen LogP) is 5.25. The van der Waals surface area contributed by atoms with Gasteiger partial charge >= 0.3 is 6.09 Å². The van der Waals surface area contributed by atoms with Crippen LogP contribution in [-0.2, 0) is 37.3 Å². The zero-order chi connectivity index (χ0) is 36.2. The van der Waals surface area contributed by atoms with Gasteiger partial charge in [-0.3, -0.25) is 0 Å². The lowest BCUT2D eigenvalue weighted by Gasteiger charge is -2.31. The van der Waals surface area contributed by atoms with Crippen LogP contribution >= 0.6 is 0 Å². The van der Waals surface area contributed by atoms with Crippen LogP contribution in [0.4, 0.5) is 4.79 Å². The van der Waals surface area contributed by atoms with Crippen molar-refractivity contribution in [2.45, 2.75) is 62.7 Å². The molecule has 4 aromatic rings. The summed E-state index contributed by atoms with van der Waals surface area (Å²) in [5.41, 5.74) is 1.84. The average molecular weight is 733 g/mol. The number of ether oxygens (including phenoxy) is 6. The molecule has 52 heavy (non-hydrogen) atoms. The van der Waals surface area contributed by atoms with E-state index in [0.29, 0.717) is 36.9 Å². The number of aliphatic hydroxyl groups excluding tert-OH is 1. The number of carbonyl (C=O) groups is 1. The van der Waals surface area contributed by atoms with Crippen molar-refractivity contribution in [3.63, 3.8) is 0 Å². The number of fused-ring (bicyclic) bond motifs is 3. The van der Waals surface area contributed by atoms with E-state index in [-0.39, 0.29) is 49.6 Å². The number of sulfonamides is 1. The SMILES string of the molecule is CC(C)CN(C[C@@H](O)[C@H](Cc1ccc(OCc2ccc3ccccc3c2)cc1)NC(=O)OC1COC2OCCC12)S(=O)(=O)c1ccc2c(c1)OCO2. The molecule has 2 saturated heterocycles. The van der Waals surface area contributed by atoms with E-state index < -0.39 is 40.7 Å². The van der Waals surface area contributed by atoms with E-state index >= 15 is 0 Å². The summed E-state index contributed by atoms with van der Waals surface area (Å²) >= 11 is 0. The van der Waals surface area contributed by atoms with Gasteiger partial charge in [-0.05, 0) is 71.0 Å². The summed E-state index contributed by atoms with van der Waals surface area (Å²) in [4.78, 5) is 13.3. The molecule has 12 nitrogen and oxygen atoms in total. The second-order valence-corrected chi connectivity index (χ2v) is 15.8. The summed E-state index contributed by atoms with van der Waals surface area (Å²) in [6, 6.07) is 25.3. The van der Waals surface area contributed by atoms with E-state index in [0.717, 1.165) is 21.9 Å². The standard InChI is InChI=1S/C39H44N2O10S/c1-25(2)20-41(52(44,45)31-13-14-35-36(19-31)50-24-49-35)21-34(42)33(40-39(43)51-37-23-48-38-32(37)15-16-46-38)18-26-8-11-30(12-9-26)47-22-27-7-10-28-5-3-4-6-29(28)17-27/h3-14,17,19,25,32-34,37-38,42H,15-16,18,20-24H2,1-2H3,(H,40,43)/t32?,33-,34+,37?,38?/m0/s1. The van der Waals surface area contributed by atoms with Crippen molar-refractivity contribution in [3.05, 3.63) is 96.1 Å². The van der Waals surface area contributed by atoms with Crippen LogP contribution in [0.15, 0.2) is 89.8 Å². The van der Waals surface area contributed by atoms with Gasteiger partial charge in [0.15, 0.2) is 17.8 Å². The summed E-state index contributed by atoms with van der Waals surface area (Å²) in [7, 11) is -4.08. The summed E-state index contributed by atoms with van der Waals surface area (Å²) in [6.45, 7) is 4.80. The molecule has 0 bridgehead atoms. The minimum absolute atomic E-state index is 0.00959. The molecule has 4 aromatic carbocycles. The van der Waals surface area contributed by atoms with Gasteiger partial charge in [0.1, 0.15) is 18.5 Å². The fraction of sp³-hybridized carbons (Fsp3) is 0.410. The largest absolute Gasteiger partial charge is 0.489 e. The number of rotatable bonds is 14. The molecule has 2 fully saturated rings. The van der Waals surface area contributed by atoms with Crippen molar-refractivity contribution in [2.24, 2.45) is 11.8 Å². The lowest BCUT2D eigenvalue weighted by atomic mass is 10.0. The molecule has 3 unspecified atom stereocenters. The Hall–Kier alpha value is -4.40. The first-order valence-electron chi connectivity index (χ1n) is 17.6. The summed E-state index contributed by atoms with van der Waals surface area (Å²) in [5, 5.41) is 16.9. The van der Waals surface area contributed by atoms with Gasteiger partial charge in [0, 0.05) is 19.2 Å². The summed E-state index contributed by atoms with van der Waals surface area (Å²) < 4.78 is 63.0. The molecule has 0 radical (unpaired) electrons. The number of hydrogen-bond donors (Lipinski definition) is 2. The number of carbonyl (C=O) groups excluding carboxylic acids is 1. The highest BCUT2D eigenvalue weighted by Crippen LogP contribution is 2.35. The number of amides is 1. The van der Waals surface area contributed by atoms with Gasteiger partial charge in [-0.15, -0.1) is 0 Å². The third-order valence-corrected chi connectivity index (χ3v) is 11.4. The molecule has 13 heteroatoms. The van der Waals surface area contributed by atoms with E-state index in [1.165, 1.54) is 16.4 Å². The van der Waals surface area contributed by atoms with E-state index in [9.17, 15) is 18.3 Å². The molecule has 0 spiro atoms. The van der Waals surface area contributed by atoms with E-state index in [1.807, 2.05) is 56.3 Å². The maximum atomic E-state index is 14.0. The van der Waals surface area contributed by atoms with Crippen LogP contribution in [0, 0.1) is 11.8 Å². The van der Waals surface area contributed by atoms with Crippen molar-refractivity contribution >= 4 is 26.9 Å². The summed E-state index contributed by atoms with van der Waals surface area (Å²) in [6.07, 6.45) is -2.01. The van der Waals surface area contributed by atoms with Gasteiger partial charge in [-0.25, -0.2) is 13.2 Å². The third-order valence-electron chi connectivity index (χ3n) is 9.55. The zero-order valence-corrected chi connectivity index (χ0v) is 30.0. The molecule has 3 heterocycles. The number of hydrogen-bond acceptors (Lipinski definition) is 10. The Balaban J connectivity index is 1.06. The van der Waals surface area contributed by atoms with Gasteiger partial charge < -0.3 is 38.8 Å². The van der Waals surface area contributed by atoms with Crippen LogP contribution in [0.2, 0.25) is 0 Å². The predicted molar refractivity (Wildman–Crippen MR) is 192 cm³/mol. The second kappa shape index (κ2) is 15.7. The third kappa shape index (κ3) is 8.29. The molecule has 276 valence electrons. The van der Waals surface area contributed by atoms with Crippen molar-refractivity contribution in [3.8, 4) is 17.2 Å². The molecule has 3 aliphatic rings. The number of nitrogens with one attached hydrogen (secondary N) is 1. The van der Waals surface area contributed by atoms with Crippen LogP contribution < -0.4 is 19.5 Å². The van der Waals surface area contributed by atoms with Crippen LogP contribution in [0.3, 0.4) is 0 Å². The number of aliphatic hydroxyl groups is 1. The fourth-order valence-corrected chi connectivity index (χ4v) is 8.46. The molecule has 3 aliphatic heterocycles. The highest BCUT2D eigenvalue weighted by molar-refractivity contribution is 7.89. The van der Waals surface area contributed by atoms with Crippen molar-refractivity contribution in [1.29, 1.82) is 0 Å². The number of alkyl carbamates (subject to hydrolysis) is 1. The molecule has 5 atom stereocenters. The average Bonchev–Trinajstić information content (AvgIpc) is 3.89. The molecule has 0 aromatic heterocycles. The van der Waals surface area contributed by atoms with Gasteiger partial charge in [-0.1, -0.05) is 62.4 Å². The molecule has 1 amide bonds. The Bertz CT molecular complexity index is 1970. The first-order chi connectivity index (χ1) is 25.1. The molecule has 2 N–H and O–H groups in total. The van der Waals surface area contributed by atoms with E-state index in [4.69, 9.17) is 28.4 Å². The molecule has 0 aliphatic carbocycles. The lowest BCUT2D eigenvalue weighted by Crippen LogP contribution is -2.51. The fourth-order valence-electron chi connectivity index (χ4n) is 6.82. The Labute approximate surface area is 303 Å².